The third-order valence-electron chi connectivity index (χ3n) is 4.28. The number of carbonyl (C=O) groups is 1. The molecule has 0 aliphatic heterocycles. The second-order valence-corrected chi connectivity index (χ2v) is 6.03. The summed E-state index contributed by atoms with van der Waals surface area (Å²) < 4.78 is 48.4. The third kappa shape index (κ3) is 3.16. The molecule has 1 aliphatic rings. The third-order valence-corrected chi connectivity index (χ3v) is 4.28. The lowest BCUT2D eigenvalue weighted by atomic mass is 10.1. The van der Waals surface area contributed by atoms with Crippen LogP contribution in [-0.2, 0) is 9.53 Å². The summed E-state index contributed by atoms with van der Waals surface area (Å²) in [6.07, 6.45) is -2.98. The number of aromatic nitrogens is 1. The Labute approximate surface area is 136 Å². The summed E-state index contributed by atoms with van der Waals surface area (Å²) in [5.74, 6) is -1.85. The fourth-order valence-electron chi connectivity index (χ4n) is 2.71. The first-order chi connectivity index (χ1) is 11.3. The molecule has 2 aromatic rings. The van der Waals surface area contributed by atoms with Crippen LogP contribution in [0.2, 0.25) is 0 Å². The highest BCUT2D eigenvalue weighted by Crippen LogP contribution is 2.60. The molecule has 128 valence electrons. The smallest absolute Gasteiger partial charge is 0.392 e. The monoisotopic (exact) mass is 339 g/mol. The minimum Gasteiger partial charge on any atom is -0.489 e. The maximum atomic E-state index is 12.6. The maximum absolute atomic E-state index is 12.6. The summed E-state index contributed by atoms with van der Waals surface area (Å²) >= 11 is 0. The first-order valence-corrected chi connectivity index (χ1v) is 7.53. The minimum atomic E-state index is -4.36. The summed E-state index contributed by atoms with van der Waals surface area (Å²) in [7, 11) is 0. The van der Waals surface area contributed by atoms with Gasteiger partial charge in [-0.3, -0.25) is 9.78 Å². The van der Waals surface area contributed by atoms with E-state index in [4.69, 9.17) is 9.47 Å². The van der Waals surface area contributed by atoms with E-state index in [1.807, 2.05) is 24.3 Å². The first-order valence-electron chi connectivity index (χ1n) is 7.53. The van der Waals surface area contributed by atoms with Gasteiger partial charge in [0.25, 0.3) is 0 Å². The van der Waals surface area contributed by atoms with E-state index < -0.39 is 23.5 Å². The Morgan fingerprint density at radius 1 is 1.29 bits per heavy atom. The Morgan fingerprint density at radius 2 is 2.04 bits per heavy atom. The molecule has 0 bridgehead atoms. The van der Waals surface area contributed by atoms with Crippen LogP contribution in [0.5, 0.6) is 5.75 Å². The van der Waals surface area contributed by atoms with Crippen LogP contribution < -0.4 is 4.74 Å². The van der Waals surface area contributed by atoms with Gasteiger partial charge in [0.1, 0.15) is 19.0 Å². The van der Waals surface area contributed by atoms with Gasteiger partial charge in [-0.15, -0.1) is 0 Å². The average Bonchev–Trinajstić information content (AvgIpc) is 3.25. The van der Waals surface area contributed by atoms with Crippen molar-refractivity contribution in [2.75, 3.05) is 13.2 Å². The number of alkyl halides is 3. The van der Waals surface area contributed by atoms with Gasteiger partial charge < -0.3 is 9.47 Å². The molecular formula is C17H16F3NO3. The van der Waals surface area contributed by atoms with E-state index >= 15 is 0 Å². The Balaban J connectivity index is 1.52. The van der Waals surface area contributed by atoms with E-state index in [0.717, 1.165) is 10.9 Å². The molecule has 0 saturated heterocycles. The molecule has 2 unspecified atom stereocenters. The van der Waals surface area contributed by atoms with Crippen LogP contribution in [0.15, 0.2) is 36.5 Å². The zero-order valence-corrected chi connectivity index (χ0v) is 13.0. The number of benzene rings is 1. The van der Waals surface area contributed by atoms with E-state index in [-0.39, 0.29) is 19.6 Å². The van der Waals surface area contributed by atoms with Crippen molar-refractivity contribution in [3.63, 3.8) is 0 Å². The van der Waals surface area contributed by atoms with Gasteiger partial charge in [0.05, 0.1) is 16.8 Å². The first kappa shape index (κ1) is 16.5. The van der Waals surface area contributed by atoms with Crippen LogP contribution in [0.4, 0.5) is 13.2 Å². The van der Waals surface area contributed by atoms with Gasteiger partial charge in [-0.1, -0.05) is 12.1 Å². The lowest BCUT2D eigenvalue weighted by Gasteiger charge is -2.14. The van der Waals surface area contributed by atoms with Crippen molar-refractivity contribution < 1.29 is 27.4 Å². The van der Waals surface area contributed by atoms with Crippen LogP contribution in [0.3, 0.4) is 0 Å². The minimum absolute atomic E-state index is 0.0620. The molecule has 0 radical (unpaired) electrons. The number of rotatable bonds is 5. The Hall–Kier alpha value is -2.31. The van der Waals surface area contributed by atoms with E-state index in [9.17, 15) is 18.0 Å². The Morgan fingerprint density at radius 3 is 2.75 bits per heavy atom. The van der Waals surface area contributed by atoms with Gasteiger partial charge in [-0.25, -0.2) is 0 Å². The van der Waals surface area contributed by atoms with Crippen LogP contribution in [0, 0.1) is 11.3 Å². The largest absolute Gasteiger partial charge is 0.489 e. The fraction of sp³-hybridized carbons (Fsp3) is 0.412. The SMILES string of the molecule is CC1(C(=O)OCCOc2ccnc3ccccc23)CC1C(F)(F)F. The summed E-state index contributed by atoms with van der Waals surface area (Å²) in [6.45, 7) is 1.24. The number of ether oxygens (including phenoxy) is 2. The lowest BCUT2D eigenvalue weighted by molar-refractivity contribution is -0.170. The summed E-state index contributed by atoms with van der Waals surface area (Å²) in [5, 5.41) is 0.817. The summed E-state index contributed by atoms with van der Waals surface area (Å²) in [6, 6.07) is 9.08. The van der Waals surface area contributed by atoms with Crippen LogP contribution in [-0.4, -0.2) is 30.3 Å². The molecule has 24 heavy (non-hydrogen) atoms. The molecule has 1 saturated carbocycles. The zero-order valence-electron chi connectivity index (χ0n) is 13.0. The standard InChI is InChI=1S/C17H16F3NO3/c1-16(10-14(16)17(18,19)20)15(22)24-9-8-23-13-6-7-21-12-5-3-2-4-11(12)13/h2-7,14H,8-10H2,1H3. The summed E-state index contributed by atoms with van der Waals surface area (Å²) in [5.41, 5.74) is -0.688. The number of esters is 1. The van der Waals surface area contributed by atoms with Crippen LogP contribution in [0.1, 0.15) is 13.3 Å². The molecular weight excluding hydrogens is 323 g/mol. The Kier molecular flexibility index (Phi) is 4.11. The molecule has 3 rings (SSSR count). The molecule has 1 aromatic heterocycles. The molecule has 4 nitrogen and oxygen atoms in total. The second kappa shape index (κ2) is 5.96. The van der Waals surface area contributed by atoms with Crippen molar-refractivity contribution >= 4 is 16.9 Å². The highest BCUT2D eigenvalue weighted by molar-refractivity contribution is 5.84. The molecule has 0 amide bonds. The van der Waals surface area contributed by atoms with E-state index in [0.29, 0.717) is 5.75 Å². The van der Waals surface area contributed by atoms with Gasteiger partial charge in [-0.2, -0.15) is 13.2 Å². The molecule has 1 fully saturated rings. The molecule has 1 aliphatic carbocycles. The molecule has 0 spiro atoms. The van der Waals surface area contributed by atoms with E-state index in [2.05, 4.69) is 4.98 Å². The van der Waals surface area contributed by atoms with Gasteiger partial charge in [0, 0.05) is 11.6 Å². The topological polar surface area (TPSA) is 48.4 Å². The van der Waals surface area contributed by atoms with E-state index in [1.165, 1.54) is 6.92 Å². The number of fused-ring (bicyclic) bond motifs is 1. The Bertz CT molecular complexity index is 757. The molecule has 0 N–H and O–H groups in total. The van der Waals surface area contributed by atoms with Gasteiger partial charge in [0.2, 0.25) is 0 Å². The summed E-state index contributed by atoms with van der Waals surface area (Å²) in [4.78, 5) is 16.0. The number of para-hydroxylation sites is 1. The average molecular weight is 339 g/mol. The normalized spacial score (nSPS) is 23.1. The predicted molar refractivity (Wildman–Crippen MR) is 80.5 cm³/mol. The van der Waals surface area contributed by atoms with Crippen molar-refractivity contribution in [1.82, 2.24) is 4.98 Å². The van der Waals surface area contributed by atoms with Crippen molar-refractivity contribution in [2.45, 2.75) is 19.5 Å². The van der Waals surface area contributed by atoms with Gasteiger partial charge in [0.15, 0.2) is 0 Å². The zero-order chi connectivity index (χ0) is 17.4. The molecule has 7 heteroatoms. The lowest BCUT2D eigenvalue weighted by Crippen LogP contribution is -2.25. The van der Waals surface area contributed by atoms with Crippen LogP contribution >= 0.6 is 0 Å². The maximum Gasteiger partial charge on any atom is 0.392 e. The van der Waals surface area contributed by atoms with Gasteiger partial charge in [-0.05, 0) is 31.5 Å². The number of hydrogen-bond donors (Lipinski definition) is 0. The number of hydrogen-bond acceptors (Lipinski definition) is 4. The van der Waals surface area contributed by atoms with Crippen LogP contribution in [0.25, 0.3) is 10.9 Å². The number of halogens is 3. The van der Waals surface area contributed by atoms with Gasteiger partial charge >= 0.3 is 12.1 Å². The van der Waals surface area contributed by atoms with Crippen molar-refractivity contribution in [1.29, 1.82) is 0 Å². The molecule has 1 aromatic carbocycles. The quantitative estimate of drug-likeness (QED) is 0.615. The number of pyridine rings is 1. The molecule has 1 heterocycles. The van der Waals surface area contributed by atoms with E-state index in [1.54, 1.807) is 12.3 Å². The van der Waals surface area contributed by atoms with Crippen molar-refractivity contribution in [3.8, 4) is 5.75 Å². The highest BCUT2D eigenvalue weighted by Gasteiger charge is 2.68. The van der Waals surface area contributed by atoms with Crippen molar-refractivity contribution in [3.05, 3.63) is 36.5 Å². The predicted octanol–water partition coefficient (Wildman–Crippen LogP) is 3.75. The van der Waals surface area contributed by atoms with Crippen molar-refractivity contribution in [2.24, 2.45) is 11.3 Å². The second-order valence-electron chi connectivity index (χ2n) is 6.03. The highest BCUT2D eigenvalue weighted by atomic mass is 19.4. The number of carbonyl (C=O) groups excluding carboxylic acids is 1. The molecule has 2 atom stereocenters. The fourth-order valence-corrected chi connectivity index (χ4v) is 2.71. The number of nitrogens with zero attached hydrogens (tertiary/aromatic N) is 1.